The van der Waals surface area contributed by atoms with E-state index in [0.29, 0.717) is 12.6 Å². The average molecular weight is 424 g/mol. The molecular weight excluding hydrogens is 394 g/mol. The Bertz CT molecular complexity index is 929. The Morgan fingerprint density at radius 1 is 1.13 bits per heavy atom. The standard InChI is InChI=1S/C23H29N5OS/c1-3-29-21-11-9-20(10-12-21)28-22(18-7-6-14-24-17-18)25-26-23(28)30-16-13-19-8-4-5-15-27(19)2/h6-7,9-12,14,17,19H,3-5,8,13,15-16H2,1-2H3. The lowest BCUT2D eigenvalue weighted by molar-refractivity contribution is 0.182. The maximum Gasteiger partial charge on any atom is 0.196 e. The quantitative estimate of drug-likeness (QED) is 0.490. The first-order valence-electron chi connectivity index (χ1n) is 10.7. The summed E-state index contributed by atoms with van der Waals surface area (Å²) < 4.78 is 7.73. The third-order valence-electron chi connectivity index (χ3n) is 5.56. The van der Waals surface area contributed by atoms with Crippen molar-refractivity contribution in [3.63, 3.8) is 0 Å². The highest BCUT2D eigenvalue weighted by Crippen LogP contribution is 2.30. The molecule has 3 heterocycles. The lowest BCUT2D eigenvalue weighted by Crippen LogP contribution is -2.36. The number of likely N-dealkylation sites (tertiary alicyclic amines) is 1. The van der Waals surface area contributed by atoms with Crippen molar-refractivity contribution in [3.8, 4) is 22.8 Å². The first-order chi connectivity index (χ1) is 14.8. The molecule has 0 radical (unpaired) electrons. The minimum absolute atomic E-state index is 0.656. The predicted octanol–water partition coefficient (Wildman–Crippen LogP) is 4.69. The Labute approximate surface area is 182 Å². The minimum Gasteiger partial charge on any atom is -0.494 e. The Balaban J connectivity index is 1.57. The number of piperidine rings is 1. The highest BCUT2D eigenvalue weighted by Gasteiger charge is 2.20. The Morgan fingerprint density at radius 2 is 2.00 bits per heavy atom. The van der Waals surface area contributed by atoms with Gasteiger partial charge in [0.1, 0.15) is 5.75 Å². The molecule has 0 aliphatic carbocycles. The molecule has 0 saturated carbocycles. The van der Waals surface area contributed by atoms with Gasteiger partial charge in [-0.1, -0.05) is 18.2 Å². The summed E-state index contributed by atoms with van der Waals surface area (Å²) in [4.78, 5) is 6.76. The third-order valence-corrected chi connectivity index (χ3v) is 6.53. The molecule has 1 saturated heterocycles. The van der Waals surface area contributed by atoms with Crippen molar-refractivity contribution >= 4 is 11.8 Å². The van der Waals surface area contributed by atoms with Gasteiger partial charge in [0.2, 0.25) is 0 Å². The lowest BCUT2D eigenvalue weighted by Gasteiger charge is -2.32. The molecule has 2 aromatic heterocycles. The van der Waals surface area contributed by atoms with Gasteiger partial charge in [-0.3, -0.25) is 9.55 Å². The van der Waals surface area contributed by atoms with Crippen LogP contribution in [0.25, 0.3) is 17.1 Å². The molecule has 30 heavy (non-hydrogen) atoms. The van der Waals surface area contributed by atoms with Crippen molar-refractivity contribution in [3.05, 3.63) is 48.8 Å². The van der Waals surface area contributed by atoms with Crippen LogP contribution in [0.15, 0.2) is 53.9 Å². The summed E-state index contributed by atoms with van der Waals surface area (Å²) in [6.07, 6.45) is 8.73. The molecule has 0 amide bonds. The molecule has 1 unspecified atom stereocenters. The zero-order chi connectivity index (χ0) is 20.8. The van der Waals surface area contributed by atoms with E-state index in [-0.39, 0.29) is 0 Å². The molecule has 0 bridgehead atoms. The highest BCUT2D eigenvalue weighted by molar-refractivity contribution is 7.99. The first-order valence-corrected chi connectivity index (χ1v) is 11.7. The Morgan fingerprint density at radius 3 is 2.73 bits per heavy atom. The van der Waals surface area contributed by atoms with Gasteiger partial charge in [0.05, 0.1) is 6.61 Å². The summed E-state index contributed by atoms with van der Waals surface area (Å²) in [5.74, 6) is 2.70. The van der Waals surface area contributed by atoms with Crippen LogP contribution in [-0.2, 0) is 0 Å². The number of hydrogen-bond donors (Lipinski definition) is 0. The normalized spacial score (nSPS) is 17.2. The Hall–Kier alpha value is -2.38. The fourth-order valence-electron chi connectivity index (χ4n) is 3.93. The number of pyridine rings is 1. The summed E-state index contributed by atoms with van der Waals surface area (Å²) in [5, 5.41) is 9.96. The number of nitrogens with zero attached hydrogens (tertiary/aromatic N) is 5. The fourth-order valence-corrected chi connectivity index (χ4v) is 4.92. The number of hydrogen-bond acceptors (Lipinski definition) is 6. The molecule has 1 aromatic carbocycles. The average Bonchev–Trinajstić information content (AvgIpc) is 3.20. The molecule has 1 aliphatic heterocycles. The second kappa shape index (κ2) is 10.1. The number of benzene rings is 1. The molecule has 0 N–H and O–H groups in total. The molecule has 4 rings (SSSR count). The van der Waals surface area contributed by atoms with Gasteiger partial charge in [0, 0.05) is 35.4 Å². The van der Waals surface area contributed by atoms with Crippen molar-refractivity contribution in [1.29, 1.82) is 0 Å². The summed E-state index contributed by atoms with van der Waals surface area (Å²) in [6.45, 7) is 3.86. The number of rotatable bonds is 8. The molecule has 7 heteroatoms. The molecule has 158 valence electrons. The van der Waals surface area contributed by atoms with Gasteiger partial charge >= 0.3 is 0 Å². The van der Waals surface area contributed by atoms with Gasteiger partial charge in [-0.2, -0.15) is 0 Å². The van der Waals surface area contributed by atoms with Crippen molar-refractivity contribution in [1.82, 2.24) is 24.6 Å². The fraction of sp³-hybridized carbons (Fsp3) is 0.435. The maximum atomic E-state index is 5.61. The summed E-state index contributed by atoms with van der Waals surface area (Å²) in [5.41, 5.74) is 1.98. The summed E-state index contributed by atoms with van der Waals surface area (Å²) in [6, 6.07) is 12.7. The monoisotopic (exact) mass is 423 g/mol. The van der Waals surface area contributed by atoms with E-state index < -0.39 is 0 Å². The minimum atomic E-state index is 0.656. The predicted molar refractivity (Wildman–Crippen MR) is 121 cm³/mol. The van der Waals surface area contributed by atoms with Crippen LogP contribution in [0.3, 0.4) is 0 Å². The largest absolute Gasteiger partial charge is 0.494 e. The number of aromatic nitrogens is 4. The molecule has 3 aromatic rings. The van der Waals surface area contributed by atoms with E-state index in [9.17, 15) is 0 Å². The summed E-state index contributed by atoms with van der Waals surface area (Å²) in [7, 11) is 2.25. The zero-order valence-electron chi connectivity index (χ0n) is 17.7. The van der Waals surface area contributed by atoms with E-state index >= 15 is 0 Å². The SMILES string of the molecule is CCOc1ccc(-n2c(SCCC3CCCCN3C)nnc2-c2cccnc2)cc1. The van der Waals surface area contributed by atoms with Crippen molar-refractivity contribution in [2.24, 2.45) is 0 Å². The first kappa shape index (κ1) is 20.9. The van der Waals surface area contributed by atoms with Crippen LogP contribution in [0.4, 0.5) is 0 Å². The van der Waals surface area contributed by atoms with Gasteiger partial charge in [-0.05, 0) is 76.2 Å². The van der Waals surface area contributed by atoms with Gasteiger partial charge < -0.3 is 9.64 Å². The van der Waals surface area contributed by atoms with Gasteiger partial charge in [-0.25, -0.2) is 0 Å². The van der Waals surface area contributed by atoms with Crippen LogP contribution in [0, 0.1) is 0 Å². The van der Waals surface area contributed by atoms with E-state index in [1.54, 1.807) is 18.0 Å². The second-order valence-corrected chi connectivity index (χ2v) is 8.64. The number of ether oxygens (including phenoxy) is 1. The molecule has 6 nitrogen and oxygen atoms in total. The van der Waals surface area contributed by atoms with Crippen LogP contribution < -0.4 is 4.74 Å². The topological polar surface area (TPSA) is 56.1 Å². The van der Waals surface area contributed by atoms with E-state index in [1.807, 2.05) is 37.4 Å². The van der Waals surface area contributed by atoms with E-state index in [0.717, 1.165) is 33.7 Å². The van der Waals surface area contributed by atoms with Crippen LogP contribution in [-0.4, -0.2) is 56.6 Å². The molecule has 0 spiro atoms. The highest BCUT2D eigenvalue weighted by atomic mass is 32.2. The molecular formula is C23H29N5OS. The van der Waals surface area contributed by atoms with E-state index in [2.05, 4.69) is 43.8 Å². The lowest BCUT2D eigenvalue weighted by atomic mass is 10.0. The van der Waals surface area contributed by atoms with Crippen LogP contribution in [0.2, 0.25) is 0 Å². The molecule has 1 atom stereocenters. The molecule has 1 aliphatic rings. The van der Waals surface area contributed by atoms with Crippen LogP contribution in [0.1, 0.15) is 32.6 Å². The van der Waals surface area contributed by atoms with Crippen molar-refractivity contribution in [2.75, 3.05) is 26.0 Å². The van der Waals surface area contributed by atoms with E-state index in [1.165, 1.54) is 32.2 Å². The maximum absolute atomic E-state index is 5.61. The van der Waals surface area contributed by atoms with Gasteiger partial charge in [-0.15, -0.1) is 10.2 Å². The summed E-state index contributed by atoms with van der Waals surface area (Å²) >= 11 is 1.78. The van der Waals surface area contributed by atoms with Gasteiger partial charge in [0.15, 0.2) is 11.0 Å². The second-order valence-electron chi connectivity index (χ2n) is 7.58. The van der Waals surface area contributed by atoms with E-state index in [4.69, 9.17) is 4.74 Å². The smallest absolute Gasteiger partial charge is 0.196 e. The zero-order valence-corrected chi connectivity index (χ0v) is 18.5. The number of thioether (sulfide) groups is 1. The van der Waals surface area contributed by atoms with Crippen LogP contribution in [0.5, 0.6) is 5.75 Å². The van der Waals surface area contributed by atoms with Crippen molar-refractivity contribution in [2.45, 2.75) is 43.8 Å². The Kier molecular flexibility index (Phi) is 7.02. The third kappa shape index (κ3) is 4.84. The van der Waals surface area contributed by atoms with Crippen molar-refractivity contribution < 1.29 is 4.74 Å². The van der Waals surface area contributed by atoms with Crippen LogP contribution >= 0.6 is 11.8 Å². The molecule has 1 fully saturated rings. The van der Waals surface area contributed by atoms with Gasteiger partial charge in [0.25, 0.3) is 0 Å².